The van der Waals surface area contributed by atoms with Gasteiger partial charge in [-0.3, -0.25) is 9.09 Å². The number of aromatic nitrogens is 4. The Balaban J connectivity index is 0.00000363. The van der Waals surface area contributed by atoms with Crippen molar-refractivity contribution in [1.29, 1.82) is 0 Å². The van der Waals surface area contributed by atoms with E-state index >= 15 is 0 Å². The summed E-state index contributed by atoms with van der Waals surface area (Å²) >= 11 is 0. The molecular formula is C10H16KN5O13P3. The minimum Gasteiger partial charge on any atom is -0.387 e. The van der Waals surface area contributed by atoms with Crippen LogP contribution in [0.3, 0.4) is 0 Å². The van der Waals surface area contributed by atoms with Gasteiger partial charge in [0.05, 0.1) is 12.9 Å². The minimum atomic E-state index is -5.70. The van der Waals surface area contributed by atoms with Crippen LogP contribution in [-0.4, -0.2) is 126 Å². The normalized spacial score (nSPS) is 27.6. The number of nitrogens with two attached hydrogens (primary N) is 1. The molecule has 1 aliphatic heterocycles. The molecule has 0 amide bonds. The van der Waals surface area contributed by atoms with E-state index in [2.05, 4.69) is 28.1 Å². The van der Waals surface area contributed by atoms with Crippen LogP contribution in [0.4, 0.5) is 5.82 Å². The molecule has 0 bridgehead atoms. The third-order valence-corrected chi connectivity index (χ3v) is 7.62. The second kappa shape index (κ2) is 10.5. The summed E-state index contributed by atoms with van der Waals surface area (Å²) in [6.07, 6.45) is -3.69. The smallest absolute Gasteiger partial charge is 0.387 e. The quantitative estimate of drug-likeness (QED) is 0.139. The zero-order chi connectivity index (χ0) is 23.2. The third-order valence-electron chi connectivity index (χ3n) is 3.82. The number of nitrogen functional groups attached to an aromatic ring is 1. The Labute approximate surface area is 220 Å². The molecule has 3 rings (SSSR count). The van der Waals surface area contributed by atoms with Gasteiger partial charge in [-0.05, 0) is 0 Å². The van der Waals surface area contributed by atoms with Crippen molar-refractivity contribution in [1.82, 2.24) is 19.5 Å². The van der Waals surface area contributed by atoms with E-state index in [1.807, 2.05) is 0 Å². The maximum absolute atomic E-state index is 11.8. The van der Waals surface area contributed by atoms with Crippen LogP contribution >= 0.6 is 23.5 Å². The Morgan fingerprint density at radius 3 is 2.31 bits per heavy atom. The molecular weight excluding hydrogens is 530 g/mol. The molecule has 1 radical (unpaired) electrons. The zero-order valence-electron chi connectivity index (χ0n) is 15.9. The molecule has 32 heavy (non-hydrogen) atoms. The number of hydrogen-bond acceptors (Lipinski definition) is 13. The number of ether oxygens (including phenoxy) is 1. The first kappa shape index (κ1) is 28.5. The summed E-state index contributed by atoms with van der Waals surface area (Å²) in [5.41, 5.74) is 6.00. The van der Waals surface area contributed by atoms with Gasteiger partial charge < -0.3 is 40.3 Å². The molecule has 0 saturated carbocycles. The SMILES string of the molecule is Nc1ncnc2c1ncn2C1OC(COP(=O)(O)OP(=O)(O)OP(=O)(O)O)C(O)C1O.[K]. The largest absolute Gasteiger partial charge is 0.490 e. The molecule has 2 aromatic rings. The number of nitrogens with zero attached hydrogens (tertiary/aromatic N) is 4. The summed E-state index contributed by atoms with van der Waals surface area (Å²) in [6.45, 7) is -0.956. The predicted molar refractivity (Wildman–Crippen MR) is 101 cm³/mol. The molecule has 6 atom stereocenters. The van der Waals surface area contributed by atoms with E-state index in [1.54, 1.807) is 0 Å². The first-order chi connectivity index (χ1) is 14.2. The Morgan fingerprint density at radius 1 is 1.03 bits per heavy atom. The summed E-state index contributed by atoms with van der Waals surface area (Å²) in [7, 11) is -16.7. The number of phosphoric ester groups is 1. The molecule has 1 saturated heterocycles. The van der Waals surface area contributed by atoms with Crippen molar-refractivity contribution in [3.63, 3.8) is 0 Å². The number of phosphoric acid groups is 3. The van der Waals surface area contributed by atoms with Crippen LogP contribution in [0, 0.1) is 0 Å². The average molecular weight is 546 g/mol. The van der Waals surface area contributed by atoms with E-state index < -0.39 is 54.6 Å². The first-order valence-corrected chi connectivity index (χ1v) is 12.4. The number of imidazole rings is 1. The van der Waals surface area contributed by atoms with Crippen LogP contribution in [0.1, 0.15) is 6.23 Å². The van der Waals surface area contributed by atoms with Gasteiger partial charge in [-0.15, -0.1) is 0 Å². The Morgan fingerprint density at radius 2 is 1.69 bits per heavy atom. The first-order valence-electron chi connectivity index (χ1n) is 7.92. The summed E-state index contributed by atoms with van der Waals surface area (Å²) in [6, 6.07) is 0. The fourth-order valence-electron chi connectivity index (χ4n) is 2.62. The molecule has 6 unspecified atom stereocenters. The van der Waals surface area contributed by atoms with Gasteiger partial charge >= 0.3 is 23.5 Å². The zero-order valence-corrected chi connectivity index (χ0v) is 21.7. The van der Waals surface area contributed by atoms with Gasteiger partial charge in [0.25, 0.3) is 0 Å². The van der Waals surface area contributed by atoms with E-state index in [0.29, 0.717) is 0 Å². The molecule has 2 aromatic heterocycles. The fraction of sp³-hybridized carbons (Fsp3) is 0.500. The average Bonchev–Trinajstić information content (AvgIpc) is 3.13. The van der Waals surface area contributed by atoms with Gasteiger partial charge in [0, 0.05) is 51.4 Å². The molecule has 0 aliphatic carbocycles. The number of anilines is 1. The number of fused-ring (bicyclic) bond motifs is 1. The molecule has 0 aromatic carbocycles. The predicted octanol–water partition coefficient (Wildman–Crippen LogP) is -2.01. The number of aliphatic hydroxyl groups is 2. The molecule has 18 nitrogen and oxygen atoms in total. The Kier molecular flexibility index (Phi) is 9.35. The summed E-state index contributed by atoms with van der Waals surface area (Å²) in [5.74, 6) is 0.0426. The Hall–Kier alpha value is 0.276. The van der Waals surface area contributed by atoms with Crippen LogP contribution in [0.15, 0.2) is 12.7 Å². The molecule has 1 fully saturated rings. The summed E-state index contributed by atoms with van der Waals surface area (Å²) in [4.78, 5) is 47.2. The van der Waals surface area contributed by atoms with Crippen molar-refractivity contribution in [3.8, 4) is 0 Å². The van der Waals surface area contributed by atoms with E-state index in [0.717, 1.165) is 6.33 Å². The van der Waals surface area contributed by atoms with Crippen LogP contribution in [0.5, 0.6) is 0 Å². The van der Waals surface area contributed by atoms with Crippen molar-refractivity contribution in [3.05, 3.63) is 12.7 Å². The van der Waals surface area contributed by atoms with E-state index in [4.69, 9.17) is 25.2 Å². The summed E-state index contributed by atoms with van der Waals surface area (Å²) < 4.78 is 51.9. The maximum atomic E-state index is 11.8. The van der Waals surface area contributed by atoms with Gasteiger partial charge in [0.2, 0.25) is 0 Å². The standard InChI is InChI=1S/C10H16N5O13P3.K/c11-8-5-9(13-2-12-8)15(3-14-5)10-7(17)6(16)4(26-10)1-25-30(21,22)28-31(23,24)27-29(18,19)20;/h2-4,6-7,10,16-17H,1H2,(H,21,22)(H,23,24)(H2,11,12,13)(H2,18,19,20);. The van der Waals surface area contributed by atoms with Crippen molar-refractivity contribution >= 4 is 91.8 Å². The fourth-order valence-corrected chi connectivity index (χ4v) is 5.65. The molecule has 1 aliphatic rings. The van der Waals surface area contributed by atoms with Crippen molar-refractivity contribution in [2.75, 3.05) is 12.3 Å². The monoisotopic (exact) mass is 546 g/mol. The molecule has 0 spiro atoms. The number of aliphatic hydroxyl groups excluding tert-OH is 2. The van der Waals surface area contributed by atoms with Crippen LogP contribution in [0.25, 0.3) is 11.2 Å². The van der Waals surface area contributed by atoms with Crippen molar-refractivity contribution in [2.45, 2.75) is 24.5 Å². The van der Waals surface area contributed by atoms with E-state index in [9.17, 15) is 28.8 Å². The van der Waals surface area contributed by atoms with Gasteiger partial charge in [-0.2, -0.15) is 8.62 Å². The second-order valence-electron chi connectivity index (χ2n) is 6.02. The van der Waals surface area contributed by atoms with Gasteiger partial charge in [-0.1, -0.05) is 0 Å². The second-order valence-corrected chi connectivity index (χ2v) is 10.4. The van der Waals surface area contributed by atoms with Crippen LogP contribution < -0.4 is 5.73 Å². The van der Waals surface area contributed by atoms with Gasteiger partial charge in [0.15, 0.2) is 17.7 Å². The minimum absolute atomic E-state index is 0. The maximum Gasteiger partial charge on any atom is 0.490 e. The van der Waals surface area contributed by atoms with Crippen molar-refractivity contribution < 1.29 is 61.4 Å². The van der Waals surface area contributed by atoms with Crippen LogP contribution in [-0.2, 0) is 31.6 Å². The van der Waals surface area contributed by atoms with Crippen LogP contribution in [0.2, 0.25) is 0 Å². The molecule has 3 heterocycles. The van der Waals surface area contributed by atoms with Gasteiger partial charge in [0.1, 0.15) is 30.2 Å². The Bertz CT molecular complexity index is 1110. The van der Waals surface area contributed by atoms with E-state index in [-0.39, 0.29) is 68.4 Å². The van der Waals surface area contributed by atoms with E-state index in [1.165, 1.54) is 10.9 Å². The molecule has 8 N–H and O–H groups in total. The van der Waals surface area contributed by atoms with Gasteiger partial charge in [-0.25, -0.2) is 28.6 Å². The van der Waals surface area contributed by atoms with Crippen molar-refractivity contribution in [2.24, 2.45) is 0 Å². The summed E-state index contributed by atoms with van der Waals surface area (Å²) in [5, 5.41) is 20.4. The molecule has 22 heteroatoms. The number of rotatable bonds is 8. The molecule has 175 valence electrons. The number of hydrogen-bond donors (Lipinski definition) is 7. The third kappa shape index (κ3) is 6.91. The topological polar surface area (TPSA) is 279 Å².